The van der Waals surface area contributed by atoms with Crippen molar-refractivity contribution in [1.82, 2.24) is 9.13 Å². The Kier molecular flexibility index (Phi) is 5.78. The van der Waals surface area contributed by atoms with Crippen LogP contribution in [0.2, 0.25) is 0 Å². The van der Waals surface area contributed by atoms with Gasteiger partial charge in [0.1, 0.15) is 0 Å². The van der Waals surface area contributed by atoms with E-state index in [9.17, 15) is 0 Å². The largest absolute Gasteiger partial charge is 0.309 e. The summed E-state index contributed by atoms with van der Waals surface area (Å²) in [6.07, 6.45) is 0. The van der Waals surface area contributed by atoms with Gasteiger partial charge in [-0.05, 0) is 65.2 Å². The molecule has 0 aliphatic rings. The van der Waals surface area contributed by atoms with Crippen molar-refractivity contribution in [1.29, 1.82) is 0 Å². The Bertz CT molecular complexity index is 2780. The monoisotopic (exact) mass is 616 g/mol. The first kappa shape index (κ1) is 26.3. The van der Waals surface area contributed by atoms with Crippen molar-refractivity contribution in [3.8, 4) is 33.6 Å². The molecule has 0 aliphatic carbocycles. The Morgan fingerprint density at radius 1 is 0.340 bits per heavy atom. The minimum atomic E-state index is 1.18. The first-order valence-corrected chi connectivity index (χ1v) is 16.9. The molecule has 0 spiro atoms. The fraction of sp³-hybridized carbons (Fsp3) is 0. The molecule has 7 aromatic carbocycles. The van der Waals surface area contributed by atoms with Crippen LogP contribution >= 0.6 is 11.3 Å². The zero-order valence-corrected chi connectivity index (χ0v) is 26.3. The van der Waals surface area contributed by atoms with Crippen LogP contribution in [0.15, 0.2) is 170 Å². The number of benzene rings is 7. The predicted octanol–water partition coefficient (Wildman–Crippen LogP) is 12.4. The Hall–Kier alpha value is -5.90. The molecule has 0 unspecified atom stereocenters. The zero-order valence-electron chi connectivity index (χ0n) is 25.5. The Morgan fingerprint density at radius 3 is 1.66 bits per heavy atom. The van der Waals surface area contributed by atoms with Crippen LogP contribution in [0.3, 0.4) is 0 Å². The summed E-state index contributed by atoms with van der Waals surface area (Å²) in [7, 11) is 0. The molecule has 0 saturated carbocycles. The van der Waals surface area contributed by atoms with Crippen LogP contribution in [0.25, 0.3) is 86.6 Å². The minimum absolute atomic E-state index is 1.18. The minimum Gasteiger partial charge on any atom is -0.309 e. The van der Waals surface area contributed by atoms with Gasteiger partial charge in [-0.15, -0.1) is 11.3 Å². The number of fused-ring (bicyclic) bond motifs is 8. The van der Waals surface area contributed by atoms with Crippen molar-refractivity contribution in [2.24, 2.45) is 0 Å². The molecule has 0 fully saturated rings. The zero-order chi connectivity index (χ0) is 30.9. The van der Waals surface area contributed by atoms with Gasteiger partial charge in [-0.3, -0.25) is 0 Å². The summed E-state index contributed by atoms with van der Waals surface area (Å²) in [6.45, 7) is 0. The summed E-state index contributed by atoms with van der Waals surface area (Å²) in [4.78, 5) is 0. The smallest absolute Gasteiger partial charge is 0.0727 e. The lowest BCUT2D eigenvalue weighted by atomic mass is 9.93. The van der Waals surface area contributed by atoms with Crippen LogP contribution in [0.4, 0.5) is 0 Å². The first-order chi connectivity index (χ1) is 23.3. The van der Waals surface area contributed by atoms with E-state index < -0.39 is 0 Å². The van der Waals surface area contributed by atoms with Crippen molar-refractivity contribution in [2.75, 3.05) is 0 Å². The summed E-state index contributed by atoms with van der Waals surface area (Å²) in [5, 5.41) is 5.12. The molecular formula is C44H28N2S. The van der Waals surface area contributed by atoms with Crippen LogP contribution < -0.4 is 0 Å². The van der Waals surface area contributed by atoms with Crippen LogP contribution in [-0.2, 0) is 0 Å². The van der Waals surface area contributed by atoms with Crippen molar-refractivity contribution in [3.05, 3.63) is 170 Å². The van der Waals surface area contributed by atoms with Gasteiger partial charge in [0.05, 0.1) is 26.8 Å². The van der Waals surface area contributed by atoms with E-state index in [0.717, 1.165) is 0 Å². The fourth-order valence-corrected chi connectivity index (χ4v) is 8.86. The second-order valence-electron chi connectivity index (χ2n) is 12.1. The van der Waals surface area contributed by atoms with Gasteiger partial charge in [-0.1, -0.05) is 121 Å². The van der Waals surface area contributed by atoms with Crippen molar-refractivity contribution >= 4 is 64.3 Å². The van der Waals surface area contributed by atoms with Crippen LogP contribution in [-0.4, -0.2) is 9.13 Å². The van der Waals surface area contributed by atoms with Crippen molar-refractivity contribution < 1.29 is 0 Å². The van der Waals surface area contributed by atoms with E-state index in [0.29, 0.717) is 0 Å². The Labute approximate surface area is 276 Å². The van der Waals surface area contributed by atoms with Gasteiger partial charge < -0.3 is 9.13 Å². The van der Waals surface area contributed by atoms with Gasteiger partial charge in [-0.25, -0.2) is 0 Å². The lowest BCUT2D eigenvalue weighted by molar-refractivity contribution is 1.18. The summed E-state index contributed by atoms with van der Waals surface area (Å²) >= 11 is 1.91. The summed E-state index contributed by atoms with van der Waals surface area (Å²) in [6, 6.07) is 61.7. The van der Waals surface area contributed by atoms with Crippen LogP contribution in [0, 0.1) is 0 Å². The van der Waals surface area contributed by atoms with E-state index >= 15 is 0 Å². The molecule has 0 bridgehead atoms. The lowest BCUT2D eigenvalue weighted by Crippen LogP contribution is -1.93. The second kappa shape index (κ2) is 10.3. The summed E-state index contributed by atoms with van der Waals surface area (Å²) in [5.74, 6) is 0. The first-order valence-electron chi connectivity index (χ1n) is 16.0. The molecule has 47 heavy (non-hydrogen) atoms. The number of para-hydroxylation sites is 4. The topological polar surface area (TPSA) is 9.86 Å². The molecule has 220 valence electrons. The quantitative estimate of drug-likeness (QED) is 0.186. The number of aromatic nitrogens is 2. The predicted molar refractivity (Wildman–Crippen MR) is 201 cm³/mol. The van der Waals surface area contributed by atoms with Crippen molar-refractivity contribution in [3.63, 3.8) is 0 Å². The van der Waals surface area contributed by atoms with E-state index in [-0.39, 0.29) is 0 Å². The average molecular weight is 617 g/mol. The third kappa shape index (κ3) is 3.90. The lowest BCUT2D eigenvalue weighted by Gasteiger charge is -2.13. The van der Waals surface area contributed by atoms with Gasteiger partial charge in [0.15, 0.2) is 0 Å². The maximum atomic E-state index is 2.44. The molecule has 10 aromatic rings. The number of thiophene rings is 1. The molecule has 0 N–H and O–H groups in total. The molecule has 0 amide bonds. The molecule has 3 heteroatoms. The molecule has 0 aliphatic heterocycles. The number of hydrogen-bond acceptors (Lipinski definition) is 1. The highest BCUT2D eigenvalue weighted by Gasteiger charge is 2.21. The summed E-state index contributed by atoms with van der Waals surface area (Å²) < 4.78 is 7.47. The van der Waals surface area contributed by atoms with E-state index in [1.807, 2.05) is 11.3 Å². The highest BCUT2D eigenvalue weighted by atomic mass is 32.1. The molecule has 10 rings (SSSR count). The fourth-order valence-electron chi connectivity index (χ4n) is 7.51. The van der Waals surface area contributed by atoms with E-state index in [1.165, 1.54) is 86.6 Å². The normalized spacial score (nSPS) is 11.8. The molecule has 3 heterocycles. The second-order valence-corrected chi connectivity index (χ2v) is 13.1. The van der Waals surface area contributed by atoms with Crippen LogP contribution in [0.5, 0.6) is 0 Å². The standard InChI is InChI=1S/C44H28N2S/c1-3-14-30(15-4-1)45-39-24-11-9-20-34(39)38-28-29(26-27-41(38)45)32-18-7-8-19-33(32)35-22-13-23-37-42-44(47-43(35)37)36-21-10-12-25-40(36)46(42)31-16-5-2-6-17-31/h1-28H. The molecule has 0 saturated heterocycles. The van der Waals surface area contributed by atoms with Crippen molar-refractivity contribution in [2.45, 2.75) is 0 Å². The third-order valence-electron chi connectivity index (χ3n) is 9.53. The maximum absolute atomic E-state index is 2.44. The molecule has 2 nitrogen and oxygen atoms in total. The number of rotatable bonds is 4. The number of hydrogen-bond donors (Lipinski definition) is 0. The Balaban J connectivity index is 1.21. The van der Waals surface area contributed by atoms with Gasteiger partial charge in [0, 0.05) is 43.2 Å². The summed E-state index contributed by atoms with van der Waals surface area (Å²) in [5.41, 5.74) is 12.3. The maximum Gasteiger partial charge on any atom is 0.0727 e. The van der Waals surface area contributed by atoms with E-state index in [4.69, 9.17) is 0 Å². The molecule has 0 radical (unpaired) electrons. The van der Waals surface area contributed by atoms with Gasteiger partial charge in [-0.2, -0.15) is 0 Å². The Morgan fingerprint density at radius 2 is 0.894 bits per heavy atom. The van der Waals surface area contributed by atoms with Gasteiger partial charge in [0.2, 0.25) is 0 Å². The molecule has 0 atom stereocenters. The van der Waals surface area contributed by atoms with Gasteiger partial charge >= 0.3 is 0 Å². The third-order valence-corrected chi connectivity index (χ3v) is 10.8. The van der Waals surface area contributed by atoms with Gasteiger partial charge in [0.25, 0.3) is 0 Å². The highest BCUT2D eigenvalue weighted by molar-refractivity contribution is 7.27. The van der Waals surface area contributed by atoms with E-state index in [2.05, 4.69) is 179 Å². The average Bonchev–Trinajstić information content (AvgIpc) is 3.79. The highest BCUT2D eigenvalue weighted by Crippen LogP contribution is 2.47. The molecular weight excluding hydrogens is 589 g/mol. The number of nitrogens with zero attached hydrogens (tertiary/aromatic N) is 2. The molecule has 3 aromatic heterocycles. The van der Waals surface area contributed by atoms with Crippen LogP contribution in [0.1, 0.15) is 0 Å². The van der Waals surface area contributed by atoms with E-state index in [1.54, 1.807) is 0 Å². The SMILES string of the molecule is c1ccc(-n2c3ccccc3c3cc(-c4ccccc4-c4cccc5c4sc4c6ccccc6n(-c6ccccc6)c54)ccc32)cc1.